The van der Waals surface area contributed by atoms with Gasteiger partial charge in [-0.25, -0.2) is 0 Å². The minimum atomic E-state index is -0.233. The highest BCUT2D eigenvalue weighted by atomic mass is 79.9. The molecule has 0 spiro atoms. The van der Waals surface area contributed by atoms with Crippen LogP contribution in [0, 0.1) is 0 Å². The van der Waals surface area contributed by atoms with Crippen LogP contribution < -0.4 is 5.32 Å². The van der Waals surface area contributed by atoms with Crippen molar-refractivity contribution in [3.63, 3.8) is 0 Å². The molecule has 19 heavy (non-hydrogen) atoms. The lowest BCUT2D eigenvalue weighted by molar-refractivity contribution is -0.115. The number of nitrogens with zero attached hydrogens (tertiary/aromatic N) is 2. The summed E-state index contributed by atoms with van der Waals surface area (Å²) in [6.07, 6.45) is 0. The third-order valence-corrected chi connectivity index (χ3v) is 5.24. The molecule has 1 unspecified atom stereocenters. The van der Waals surface area contributed by atoms with E-state index in [1.165, 1.54) is 23.1 Å². The van der Waals surface area contributed by atoms with Gasteiger partial charge in [-0.3, -0.25) is 4.79 Å². The van der Waals surface area contributed by atoms with Crippen LogP contribution in [0.15, 0.2) is 37.0 Å². The van der Waals surface area contributed by atoms with Crippen LogP contribution in [0.25, 0.3) is 0 Å². The van der Waals surface area contributed by atoms with Crippen molar-refractivity contribution in [2.75, 3.05) is 5.32 Å². The maximum absolute atomic E-state index is 12.1. The molecule has 1 N–H and O–H groups in total. The fourth-order valence-corrected chi connectivity index (χ4v) is 4.02. The summed E-state index contributed by atoms with van der Waals surface area (Å²) in [5, 5.41) is 10.3. The molecule has 8 heteroatoms. The Balaban J connectivity index is 2.00. The number of halogens is 2. The van der Waals surface area contributed by atoms with E-state index in [1.807, 2.05) is 25.1 Å². The second-order valence-corrected chi connectivity index (χ2v) is 7.77. The number of hydrogen-bond acceptors (Lipinski definition) is 5. The second kappa shape index (κ2) is 6.83. The number of aromatic nitrogens is 2. The molecule has 1 aromatic heterocycles. The Hall–Kier alpha value is -0.440. The number of benzene rings is 1. The predicted octanol–water partition coefficient (Wildman–Crippen LogP) is 4.18. The molecule has 0 saturated carbocycles. The second-order valence-electron chi connectivity index (χ2n) is 3.58. The standard InChI is InChI=1S/C11H9Br2N3OS2/c1-6(19-11-16-14-5-18-11)10(17)15-9-3-2-7(12)4-8(9)13/h2-6H,1H3,(H,15,17). The topological polar surface area (TPSA) is 54.9 Å². The van der Waals surface area contributed by atoms with Crippen molar-refractivity contribution in [3.8, 4) is 0 Å². The lowest BCUT2D eigenvalue weighted by Gasteiger charge is -2.11. The first-order chi connectivity index (χ1) is 9.06. The summed E-state index contributed by atoms with van der Waals surface area (Å²) in [5.74, 6) is -0.0665. The maximum atomic E-state index is 12.1. The highest BCUT2D eigenvalue weighted by Crippen LogP contribution is 2.28. The van der Waals surface area contributed by atoms with Gasteiger partial charge in [-0.1, -0.05) is 39.0 Å². The third-order valence-electron chi connectivity index (χ3n) is 2.18. The van der Waals surface area contributed by atoms with Gasteiger partial charge >= 0.3 is 0 Å². The average Bonchev–Trinajstić information content (AvgIpc) is 2.85. The summed E-state index contributed by atoms with van der Waals surface area (Å²) in [6.45, 7) is 1.84. The van der Waals surface area contributed by atoms with Gasteiger partial charge in [0.25, 0.3) is 0 Å². The predicted molar refractivity (Wildman–Crippen MR) is 85.7 cm³/mol. The van der Waals surface area contributed by atoms with Crippen LogP contribution in [0.4, 0.5) is 5.69 Å². The molecular formula is C11H9Br2N3OS2. The van der Waals surface area contributed by atoms with Crippen LogP contribution in [-0.2, 0) is 4.79 Å². The molecule has 0 radical (unpaired) electrons. The van der Waals surface area contributed by atoms with Gasteiger partial charge in [0, 0.05) is 8.95 Å². The number of hydrogen-bond donors (Lipinski definition) is 1. The van der Waals surface area contributed by atoms with Crippen LogP contribution in [0.5, 0.6) is 0 Å². The molecule has 0 aliphatic rings. The molecule has 0 aliphatic heterocycles. The minimum absolute atomic E-state index is 0.0665. The Morgan fingerprint density at radius 2 is 2.26 bits per heavy atom. The van der Waals surface area contributed by atoms with E-state index >= 15 is 0 Å². The Kier molecular flexibility index (Phi) is 5.37. The molecule has 100 valence electrons. The SMILES string of the molecule is CC(Sc1nncs1)C(=O)Nc1ccc(Br)cc1Br. The van der Waals surface area contributed by atoms with Gasteiger partial charge in [-0.15, -0.1) is 10.2 Å². The average molecular weight is 423 g/mol. The Bertz CT molecular complexity index is 577. The first-order valence-corrected chi connectivity index (χ1v) is 8.59. The highest BCUT2D eigenvalue weighted by molar-refractivity contribution is 9.11. The van der Waals surface area contributed by atoms with E-state index < -0.39 is 0 Å². The van der Waals surface area contributed by atoms with E-state index in [4.69, 9.17) is 0 Å². The summed E-state index contributed by atoms with van der Waals surface area (Å²) < 4.78 is 2.58. The van der Waals surface area contributed by atoms with E-state index in [1.54, 1.807) is 5.51 Å². The quantitative estimate of drug-likeness (QED) is 0.750. The fourth-order valence-electron chi connectivity index (χ4n) is 1.24. The lowest BCUT2D eigenvalue weighted by Crippen LogP contribution is -2.22. The van der Waals surface area contributed by atoms with Crippen molar-refractivity contribution in [2.45, 2.75) is 16.5 Å². The fraction of sp³-hybridized carbons (Fsp3) is 0.182. The van der Waals surface area contributed by atoms with Gasteiger partial charge in [-0.2, -0.15) is 0 Å². The summed E-state index contributed by atoms with van der Waals surface area (Å²) in [6, 6.07) is 5.61. The first kappa shape index (κ1) is 15.0. The monoisotopic (exact) mass is 421 g/mol. The largest absolute Gasteiger partial charge is 0.324 e. The highest BCUT2D eigenvalue weighted by Gasteiger charge is 2.17. The maximum Gasteiger partial charge on any atom is 0.237 e. The number of carbonyl (C=O) groups excluding carboxylic acids is 1. The van der Waals surface area contributed by atoms with Crippen LogP contribution in [-0.4, -0.2) is 21.4 Å². The Morgan fingerprint density at radius 1 is 1.47 bits per heavy atom. The third kappa shape index (κ3) is 4.27. The van der Waals surface area contributed by atoms with Crippen LogP contribution >= 0.6 is 55.0 Å². The molecule has 0 saturated heterocycles. The van der Waals surface area contributed by atoms with Gasteiger partial charge < -0.3 is 5.32 Å². The zero-order valence-electron chi connectivity index (χ0n) is 9.76. The van der Waals surface area contributed by atoms with Gasteiger partial charge in [0.15, 0.2) is 4.34 Å². The van der Waals surface area contributed by atoms with E-state index in [0.717, 1.165) is 19.0 Å². The molecule has 1 heterocycles. The van der Waals surface area contributed by atoms with Gasteiger partial charge in [0.2, 0.25) is 5.91 Å². The van der Waals surface area contributed by atoms with Crippen LogP contribution in [0.2, 0.25) is 0 Å². The summed E-state index contributed by atoms with van der Waals surface area (Å²) in [7, 11) is 0. The molecule has 2 rings (SSSR count). The molecule has 2 aromatic rings. The molecule has 0 aliphatic carbocycles. The van der Waals surface area contributed by atoms with Crippen LogP contribution in [0.3, 0.4) is 0 Å². The summed E-state index contributed by atoms with van der Waals surface area (Å²) >= 11 is 9.60. The number of amides is 1. The molecule has 1 amide bonds. The molecule has 4 nitrogen and oxygen atoms in total. The minimum Gasteiger partial charge on any atom is -0.324 e. The number of nitrogens with one attached hydrogen (secondary N) is 1. The normalized spacial score (nSPS) is 12.2. The van der Waals surface area contributed by atoms with E-state index in [0.29, 0.717) is 0 Å². The number of thioether (sulfide) groups is 1. The van der Waals surface area contributed by atoms with E-state index in [9.17, 15) is 4.79 Å². The molecular weight excluding hydrogens is 414 g/mol. The van der Waals surface area contributed by atoms with Gasteiger partial charge in [0.1, 0.15) is 5.51 Å². The summed E-state index contributed by atoms with van der Waals surface area (Å²) in [4.78, 5) is 12.1. The van der Waals surface area contributed by atoms with E-state index in [-0.39, 0.29) is 11.2 Å². The van der Waals surface area contributed by atoms with Crippen molar-refractivity contribution in [2.24, 2.45) is 0 Å². The lowest BCUT2D eigenvalue weighted by atomic mass is 10.3. The van der Waals surface area contributed by atoms with Gasteiger partial charge in [-0.05, 0) is 41.1 Å². The van der Waals surface area contributed by atoms with Crippen molar-refractivity contribution >= 4 is 66.6 Å². The smallest absolute Gasteiger partial charge is 0.237 e. The van der Waals surface area contributed by atoms with E-state index in [2.05, 4.69) is 47.4 Å². The van der Waals surface area contributed by atoms with Crippen molar-refractivity contribution in [1.82, 2.24) is 10.2 Å². The zero-order valence-corrected chi connectivity index (χ0v) is 14.6. The molecule has 0 bridgehead atoms. The number of carbonyl (C=O) groups is 1. The van der Waals surface area contributed by atoms with Crippen molar-refractivity contribution in [3.05, 3.63) is 32.7 Å². The number of anilines is 1. The first-order valence-electron chi connectivity index (χ1n) is 5.25. The Labute approximate surface area is 135 Å². The Morgan fingerprint density at radius 3 is 2.89 bits per heavy atom. The van der Waals surface area contributed by atoms with Crippen molar-refractivity contribution in [1.29, 1.82) is 0 Å². The number of rotatable bonds is 4. The van der Waals surface area contributed by atoms with Gasteiger partial charge in [0.05, 0.1) is 10.9 Å². The molecule has 1 atom stereocenters. The summed E-state index contributed by atoms with van der Waals surface area (Å²) in [5.41, 5.74) is 2.40. The molecule has 1 aromatic carbocycles. The molecule has 0 fully saturated rings. The van der Waals surface area contributed by atoms with Crippen LogP contribution in [0.1, 0.15) is 6.92 Å². The van der Waals surface area contributed by atoms with Crippen molar-refractivity contribution < 1.29 is 4.79 Å². The zero-order chi connectivity index (χ0) is 13.8.